The molecule has 0 unspecified atom stereocenters. The van der Waals surface area contributed by atoms with Gasteiger partial charge in [-0.25, -0.2) is 0 Å². The van der Waals surface area contributed by atoms with Crippen LogP contribution in [0.2, 0.25) is 0 Å². The van der Waals surface area contributed by atoms with Crippen LogP contribution >= 0.6 is 11.3 Å². The number of benzene rings is 11. The summed E-state index contributed by atoms with van der Waals surface area (Å²) in [6.45, 7) is 0. The molecule has 2 heterocycles. The lowest BCUT2D eigenvalue weighted by Crippen LogP contribution is -2.09. The predicted octanol–water partition coefficient (Wildman–Crippen LogP) is 18.4. The number of aromatic nitrogens is 1. The van der Waals surface area contributed by atoms with Gasteiger partial charge in [0, 0.05) is 53.7 Å². The van der Waals surface area contributed by atoms with Gasteiger partial charge in [-0.3, -0.25) is 0 Å². The fourth-order valence-corrected chi connectivity index (χ4v) is 11.1. The first-order valence-corrected chi connectivity index (χ1v) is 23.7. The SMILES string of the molecule is c1ccc2cc(-c3ccc(-c4ccc(N(c5ccc(-c6ccc(-n7c8ccccc8c8ccccc87)cc6)cc5)c5ccc(-c6ccc7c(c6)sc6ccccc67)cc5)cc4)cc3)ccc2c1. The quantitative estimate of drug-likeness (QED) is 0.148. The largest absolute Gasteiger partial charge is 0.311 e. The Bertz CT molecular complexity index is 3880. The second-order valence-corrected chi connectivity index (χ2v) is 18.4. The minimum absolute atomic E-state index is 1.09. The molecule has 11 aromatic carbocycles. The van der Waals surface area contributed by atoms with Crippen molar-refractivity contribution in [3.8, 4) is 50.2 Å². The molecule has 0 fully saturated rings. The first-order chi connectivity index (χ1) is 33.2. The van der Waals surface area contributed by atoms with E-state index in [1.807, 2.05) is 11.3 Å². The van der Waals surface area contributed by atoms with Crippen LogP contribution in [0.25, 0.3) is 103 Å². The monoisotopic (exact) mass is 870 g/mol. The van der Waals surface area contributed by atoms with E-state index in [9.17, 15) is 0 Å². The van der Waals surface area contributed by atoms with Crippen LogP contribution in [0.3, 0.4) is 0 Å². The zero-order chi connectivity index (χ0) is 44.3. The molecule has 314 valence electrons. The standard InChI is InChI=1S/C64H42N2S/c1-2-10-50-41-51(22-21-43(50)9-1)48-19-17-44(18-20-48)45-23-32-53(33-24-45)65(55-36-29-49(30-37-55)52-31-40-60-59-13-5-8-16-63(59)67-64(60)42-52)54-34-25-46(26-35-54)47-27-38-56(39-28-47)66-61-14-6-3-11-57(61)58-12-4-7-15-62(58)66/h1-42H. The minimum Gasteiger partial charge on any atom is -0.311 e. The summed E-state index contributed by atoms with van der Waals surface area (Å²) >= 11 is 1.86. The highest BCUT2D eigenvalue weighted by molar-refractivity contribution is 7.25. The molecule has 0 aliphatic heterocycles. The summed E-state index contributed by atoms with van der Waals surface area (Å²) in [5.74, 6) is 0. The van der Waals surface area contributed by atoms with Crippen molar-refractivity contribution in [1.29, 1.82) is 0 Å². The molecule has 0 aliphatic carbocycles. The lowest BCUT2D eigenvalue weighted by atomic mass is 9.98. The summed E-state index contributed by atoms with van der Waals surface area (Å²) in [4.78, 5) is 2.36. The molecule has 0 aliphatic rings. The van der Waals surface area contributed by atoms with Crippen molar-refractivity contribution in [3.05, 3.63) is 255 Å². The molecule has 13 rings (SSSR count). The summed E-state index contributed by atoms with van der Waals surface area (Å²) in [6.07, 6.45) is 0. The van der Waals surface area contributed by atoms with Gasteiger partial charge in [0.05, 0.1) is 11.0 Å². The Hall–Kier alpha value is -8.50. The highest BCUT2D eigenvalue weighted by Gasteiger charge is 2.16. The molecule has 0 saturated carbocycles. The number of para-hydroxylation sites is 2. The maximum Gasteiger partial charge on any atom is 0.0541 e. The van der Waals surface area contributed by atoms with Crippen molar-refractivity contribution in [2.45, 2.75) is 0 Å². The third kappa shape index (κ3) is 6.96. The van der Waals surface area contributed by atoms with Crippen LogP contribution < -0.4 is 4.90 Å². The van der Waals surface area contributed by atoms with E-state index in [0.717, 1.165) is 22.7 Å². The molecule has 0 amide bonds. The van der Waals surface area contributed by atoms with E-state index in [4.69, 9.17) is 0 Å². The number of hydrogen-bond donors (Lipinski definition) is 0. The Kier molecular flexibility index (Phi) is 9.40. The Morgan fingerprint density at radius 1 is 0.269 bits per heavy atom. The summed E-state index contributed by atoms with van der Waals surface area (Å²) < 4.78 is 5.01. The van der Waals surface area contributed by atoms with Gasteiger partial charge in [-0.05, 0) is 134 Å². The van der Waals surface area contributed by atoms with Crippen LogP contribution in [0.15, 0.2) is 255 Å². The molecule has 2 aromatic heterocycles. The highest BCUT2D eigenvalue weighted by atomic mass is 32.1. The van der Waals surface area contributed by atoms with Gasteiger partial charge in [0.15, 0.2) is 0 Å². The second-order valence-electron chi connectivity index (χ2n) is 17.3. The summed E-state index contributed by atoms with van der Waals surface area (Å²) in [5, 5.41) is 7.70. The predicted molar refractivity (Wildman–Crippen MR) is 288 cm³/mol. The van der Waals surface area contributed by atoms with Gasteiger partial charge in [-0.1, -0.05) is 176 Å². The van der Waals surface area contributed by atoms with E-state index in [2.05, 4.69) is 264 Å². The van der Waals surface area contributed by atoms with Gasteiger partial charge in [0.25, 0.3) is 0 Å². The number of anilines is 3. The first-order valence-electron chi connectivity index (χ1n) is 22.9. The molecule has 0 N–H and O–H groups in total. The average Bonchev–Trinajstić information content (AvgIpc) is 3.95. The van der Waals surface area contributed by atoms with Gasteiger partial charge < -0.3 is 9.47 Å². The van der Waals surface area contributed by atoms with Crippen molar-refractivity contribution >= 4 is 81.1 Å². The highest BCUT2D eigenvalue weighted by Crippen LogP contribution is 2.41. The third-order valence-corrected chi connectivity index (χ3v) is 14.6. The van der Waals surface area contributed by atoms with E-state index in [-0.39, 0.29) is 0 Å². The molecule has 0 saturated heterocycles. The van der Waals surface area contributed by atoms with E-state index in [0.29, 0.717) is 0 Å². The molecule has 0 radical (unpaired) electrons. The molecule has 0 bridgehead atoms. The van der Waals surface area contributed by atoms with Crippen molar-refractivity contribution < 1.29 is 0 Å². The topological polar surface area (TPSA) is 8.17 Å². The fourth-order valence-electron chi connectivity index (χ4n) is 9.99. The Balaban J connectivity index is 0.824. The number of thiophene rings is 1. The molecule has 67 heavy (non-hydrogen) atoms. The molecular weight excluding hydrogens is 829 g/mol. The summed E-state index contributed by atoms with van der Waals surface area (Å²) in [6, 6.07) is 93.1. The number of nitrogens with zero attached hydrogens (tertiary/aromatic N) is 2. The van der Waals surface area contributed by atoms with Crippen LogP contribution in [-0.4, -0.2) is 4.57 Å². The van der Waals surface area contributed by atoms with Gasteiger partial charge in [-0.2, -0.15) is 0 Å². The Labute approximate surface area is 393 Å². The maximum atomic E-state index is 2.37. The van der Waals surface area contributed by atoms with Crippen molar-refractivity contribution in [2.75, 3.05) is 4.90 Å². The van der Waals surface area contributed by atoms with Crippen LogP contribution in [0.5, 0.6) is 0 Å². The molecule has 0 spiro atoms. The fraction of sp³-hybridized carbons (Fsp3) is 0. The lowest BCUT2D eigenvalue weighted by molar-refractivity contribution is 1.18. The summed E-state index contributed by atoms with van der Waals surface area (Å²) in [7, 11) is 0. The van der Waals surface area contributed by atoms with E-state index >= 15 is 0 Å². The average molecular weight is 871 g/mol. The second kappa shape index (κ2) is 16.2. The number of rotatable bonds is 8. The minimum atomic E-state index is 1.09. The van der Waals surface area contributed by atoms with Gasteiger partial charge in [-0.15, -0.1) is 11.3 Å². The third-order valence-electron chi connectivity index (χ3n) is 13.4. The van der Waals surface area contributed by atoms with Gasteiger partial charge in [0.1, 0.15) is 0 Å². The molecule has 2 nitrogen and oxygen atoms in total. The zero-order valence-electron chi connectivity index (χ0n) is 36.6. The molecular formula is C64H42N2S. The van der Waals surface area contributed by atoms with Crippen LogP contribution in [0, 0.1) is 0 Å². The maximum absolute atomic E-state index is 2.37. The zero-order valence-corrected chi connectivity index (χ0v) is 37.4. The van der Waals surface area contributed by atoms with Crippen molar-refractivity contribution in [3.63, 3.8) is 0 Å². The van der Waals surface area contributed by atoms with Gasteiger partial charge in [0.2, 0.25) is 0 Å². The summed E-state index contributed by atoms with van der Waals surface area (Å²) in [5.41, 5.74) is 16.5. The van der Waals surface area contributed by atoms with E-state index < -0.39 is 0 Å². The van der Waals surface area contributed by atoms with Gasteiger partial charge >= 0.3 is 0 Å². The lowest BCUT2D eigenvalue weighted by Gasteiger charge is -2.26. The number of fused-ring (bicyclic) bond motifs is 7. The Morgan fingerprint density at radius 3 is 1.22 bits per heavy atom. The molecule has 3 heteroatoms. The molecule has 13 aromatic rings. The van der Waals surface area contributed by atoms with E-state index in [1.54, 1.807) is 0 Å². The number of hydrogen-bond acceptors (Lipinski definition) is 2. The smallest absolute Gasteiger partial charge is 0.0541 e. The van der Waals surface area contributed by atoms with Crippen LogP contribution in [0.1, 0.15) is 0 Å². The normalized spacial score (nSPS) is 11.6. The van der Waals surface area contributed by atoms with E-state index in [1.165, 1.54) is 97.3 Å². The molecule has 0 atom stereocenters. The Morgan fingerprint density at radius 2 is 0.657 bits per heavy atom. The first kappa shape index (κ1) is 38.9. The van der Waals surface area contributed by atoms with Crippen molar-refractivity contribution in [2.24, 2.45) is 0 Å². The van der Waals surface area contributed by atoms with Crippen molar-refractivity contribution in [1.82, 2.24) is 4.57 Å². The van der Waals surface area contributed by atoms with Crippen LogP contribution in [-0.2, 0) is 0 Å². The van der Waals surface area contributed by atoms with Crippen LogP contribution in [0.4, 0.5) is 17.1 Å².